The molecule has 1 saturated heterocycles. The fourth-order valence-electron chi connectivity index (χ4n) is 2.60. The van der Waals surface area contributed by atoms with E-state index in [9.17, 15) is 4.79 Å². The van der Waals surface area contributed by atoms with Crippen LogP contribution < -0.4 is 5.32 Å². The summed E-state index contributed by atoms with van der Waals surface area (Å²) in [4.78, 5) is 14.9. The van der Waals surface area contributed by atoms with Crippen LogP contribution in [0.3, 0.4) is 0 Å². The minimum absolute atomic E-state index is 0.0184. The van der Waals surface area contributed by atoms with Crippen molar-refractivity contribution in [2.24, 2.45) is 0 Å². The molecule has 1 unspecified atom stereocenters. The first-order chi connectivity index (χ1) is 11.2. The Labute approximate surface area is 150 Å². The topological polar surface area (TPSA) is 79.6 Å². The number of ether oxygens (including phenoxy) is 1. The lowest BCUT2D eigenvalue weighted by atomic mass is 10.2. The van der Waals surface area contributed by atoms with Crippen LogP contribution in [0, 0.1) is 6.92 Å². The summed E-state index contributed by atoms with van der Waals surface area (Å²) < 4.78 is 7.90. The van der Waals surface area contributed by atoms with Crippen LogP contribution in [0.5, 0.6) is 0 Å². The van der Waals surface area contributed by atoms with Crippen LogP contribution in [-0.4, -0.2) is 75.6 Å². The van der Waals surface area contributed by atoms with Gasteiger partial charge in [-0.1, -0.05) is 22.6 Å². The number of nitrogens with one attached hydrogen (secondary N) is 1. The van der Waals surface area contributed by atoms with E-state index in [1.54, 1.807) is 10.9 Å². The number of morpholine rings is 1. The van der Waals surface area contributed by atoms with Gasteiger partial charge >= 0.3 is 0 Å². The summed E-state index contributed by atoms with van der Waals surface area (Å²) in [6.07, 6.45) is 2.30. The number of rotatable bonds is 8. The van der Waals surface area contributed by atoms with Gasteiger partial charge in [0.05, 0.1) is 26.0 Å². The molecule has 1 aromatic rings. The lowest BCUT2D eigenvalue weighted by Gasteiger charge is -2.26. The fourth-order valence-corrected chi connectivity index (χ4v) is 3.26. The highest BCUT2D eigenvalue weighted by Crippen LogP contribution is 2.09. The molecule has 23 heavy (non-hydrogen) atoms. The SMILES string of the molecule is Cc1cnn(CCN2CCOCC2)c1C(=O)NC(CI)CCO. The van der Waals surface area contributed by atoms with E-state index < -0.39 is 0 Å². The molecule has 1 aliphatic heterocycles. The lowest BCUT2D eigenvalue weighted by molar-refractivity contribution is 0.0358. The van der Waals surface area contributed by atoms with Gasteiger partial charge in [0.25, 0.3) is 5.91 Å². The standard InChI is InChI=1S/C15H25IN4O3/c1-12-11-17-20(4-3-19-5-8-23-9-6-19)14(12)15(22)18-13(10-16)2-7-21/h11,13,21H,2-10H2,1H3,(H,18,22). The van der Waals surface area contributed by atoms with Gasteiger partial charge in [0.2, 0.25) is 0 Å². The number of carbonyl (C=O) groups is 1. The van der Waals surface area contributed by atoms with Crippen LogP contribution >= 0.6 is 22.6 Å². The quantitative estimate of drug-likeness (QED) is 0.457. The molecule has 1 atom stereocenters. The molecule has 7 nitrogen and oxygen atoms in total. The second-order valence-corrected chi connectivity index (χ2v) is 6.57. The molecule has 1 amide bonds. The highest BCUT2D eigenvalue weighted by atomic mass is 127. The van der Waals surface area contributed by atoms with E-state index in [2.05, 4.69) is 37.9 Å². The largest absolute Gasteiger partial charge is 0.396 e. The number of halogens is 1. The Bertz CT molecular complexity index is 503. The lowest BCUT2D eigenvalue weighted by Crippen LogP contribution is -2.40. The van der Waals surface area contributed by atoms with E-state index in [0.717, 1.165) is 42.8 Å². The number of aliphatic hydroxyl groups is 1. The van der Waals surface area contributed by atoms with Crippen molar-refractivity contribution in [1.29, 1.82) is 0 Å². The highest BCUT2D eigenvalue weighted by Gasteiger charge is 2.20. The Balaban J connectivity index is 1.97. The van der Waals surface area contributed by atoms with Crippen molar-refractivity contribution in [3.8, 4) is 0 Å². The van der Waals surface area contributed by atoms with Crippen molar-refractivity contribution in [3.63, 3.8) is 0 Å². The van der Waals surface area contributed by atoms with Crippen molar-refractivity contribution in [3.05, 3.63) is 17.5 Å². The third kappa shape index (κ3) is 5.40. The molecule has 0 radical (unpaired) electrons. The fraction of sp³-hybridized carbons (Fsp3) is 0.733. The molecule has 0 aromatic carbocycles. The van der Waals surface area contributed by atoms with Gasteiger partial charge in [-0.3, -0.25) is 14.4 Å². The minimum Gasteiger partial charge on any atom is -0.396 e. The summed E-state index contributed by atoms with van der Waals surface area (Å²) in [6, 6.07) is -0.0184. The molecule has 2 heterocycles. The van der Waals surface area contributed by atoms with E-state index in [0.29, 0.717) is 18.7 Å². The Hall–Kier alpha value is -0.710. The number of alkyl halides is 1. The van der Waals surface area contributed by atoms with E-state index in [4.69, 9.17) is 9.84 Å². The predicted octanol–water partition coefficient (Wildman–Crippen LogP) is 0.440. The highest BCUT2D eigenvalue weighted by molar-refractivity contribution is 14.1. The zero-order chi connectivity index (χ0) is 16.7. The summed E-state index contributed by atoms with van der Waals surface area (Å²) in [5, 5.41) is 16.4. The first-order valence-electron chi connectivity index (χ1n) is 7.96. The van der Waals surface area contributed by atoms with Crippen molar-refractivity contribution in [2.45, 2.75) is 25.9 Å². The van der Waals surface area contributed by atoms with Crippen molar-refractivity contribution in [2.75, 3.05) is 43.9 Å². The number of aliphatic hydroxyl groups excluding tert-OH is 1. The van der Waals surface area contributed by atoms with Gasteiger partial charge < -0.3 is 15.2 Å². The maximum Gasteiger partial charge on any atom is 0.270 e. The molecule has 0 spiro atoms. The van der Waals surface area contributed by atoms with Crippen LogP contribution in [0.15, 0.2) is 6.20 Å². The number of amides is 1. The molecule has 1 fully saturated rings. The van der Waals surface area contributed by atoms with Gasteiger partial charge in [-0.2, -0.15) is 5.10 Å². The van der Waals surface area contributed by atoms with Crippen LogP contribution in [0.1, 0.15) is 22.5 Å². The van der Waals surface area contributed by atoms with Crippen LogP contribution in [0.4, 0.5) is 0 Å². The minimum atomic E-state index is -0.114. The second kappa shape index (κ2) is 9.55. The van der Waals surface area contributed by atoms with Crippen molar-refractivity contribution < 1.29 is 14.6 Å². The monoisotopic (exact) mass is 436 g/mol. The number of aryl methyl sites for hydroxylation is 1. The molecule has 8 heteroatoms. The smallest absolute Gasteiger partial charge is 0.270 e. The van der Waals surface area contributed by atoms with Gasteiger partial charge in [0.1, 0.15) is 5.69 Å². The summed E-state index contributed by atoms with van der Waals surface area (Å²) in [5.74, 6) is -0.114. The van der Waals surface area contributed by atoms with Crippen molar-refractivity contribution >= 4 is 28.5 Å². The molecule has 2 rings (SSSR count). The Morgan fingerprint density at radius 3 is 2.87 bits per heavy atom. The van der Waals surface area contributed by atoms with E-state index in [1.165, 1.54) is 0 Å². The third-order valence-corrected chi connectivity index (χ3v) is 5.03. The van der Waals surface area contributed by atoms with Gasteiger partial charge in [0.15, 0.2) is 0 Å². The van der Waals surface area contributed by atoms with Crippen LogP contribution in [0.25, 0.3) is 0 Å². The number of hydrogen-bond acceptors (Lipinski definition) is 5. The molecule has 0 aliphatic carbocycles. The second-order valence-electron chi connectivity index (χ2n) is 5.69. The maximum absolute atomic E-state index is 12.6. The Morgan fingerprint density at radius 2 is 2.22 bits per heavy atom. The van der Waals surface area contributed by atoms with Gasteiger partial charge in [-0.25, -0.2) is 0 Å². The Kier molecular flexibility index (Phi) is 7.74. The molecule has 130 valence electrons. The van der Waals surface area contributed by atoms with Crippen LogP contribution in [0.2, 0.25) is 0 Å². The number of nitrogens with zero attached hydrogens (tertiary/aromatic N) is 3. The van der Waals surface area contributed by atoms with Gasteiger partial charge in [-0.05, 0) is 18.9 Å². The summed E-state index contributed by atoms with van der Waals surface area (Å²) in [7, 11) is 0. The zero-order valence-electron chi connectivity index (χ0n) is 13.5. The summed E-state index contributed by atoms with van der Waals surface area (Å²) in [5.41, 5.74) is 1.49. The molecule has 0 bridgehead atoms. The molecule has 1 aromatic heterocycles. The van der Waals surface area contributed by atoms with Gasteiger partial charge in [0, 0.05) is 36.7 Å². The predicted molar refractivity (Wildman–Crippen MR) is 96.1 cm³/mol. The number of aromatic nitrogens is 2. The van der Waals surface area contributed by atoms with E-state index in [-0.39, 0.29) is 18.6 Å². The summed E-state index contributed by atoms with van der Waals surface area (Å²) in [6.45, 7) is 6.91. The third-order valence-electron chi connectivity index (χ3n) is 3.97. The van der Waals surface area contributed by atoms with Crippen molar-refractivity contribution in [1.82, 2.24) is 20.0 Å². The molecular weight excluding hydrogens is 411 g/mol. The first kappa shape index (κ1) is 18.6. The van der Waals surface area contributed by atoms with E-state index in [1.807, 2.05) is 6.92 Å². The maximum atomic E-state index is 12.6. The van der Waals surface area contributed by atoms with Crippen LogP contribution in [-0.2, 0) is 11.3 Å². The number of hydrogen-bond donors (Lipinski definition) is 2. The summed E-state index contributed by atoms with van der Waals surface area (Å²) >= 11 is 2.22. The van der Waals surface area contributed by atoms with E-state index >= 15 is 0 Å². The Morgan fingerprint density at radius 1 is 1.48 bits per heavy atom. The average molecular weight is 436 g/mol. The normalized spacial score (nSPS) is 17.2. The molecular formula is C15H25IN4O3. The molecule has 2 N–H and O–H groups in total. The number of carbonyl (C=O) groups excluding carboxylic acids is 1. The van der Waals surface area contributed by atoms with Gasteiger partial charge in [-0.15, -0.1) is 0 Å². The zero-order valence-corrected chi connectivity index (χ0v) is 15.7. The molecule has 1 aliphatic rings. The molecule has 0 saturated carbocycles. The average Bonchev–Trinajstić information content (AvgIpc) is 2.94. The first-order valence-corrected chi connectivity index (χ1v) is 9.48.